The minimum absolute atomic E-state index is 0.181. The van der Waals surface area contributed by atoms with E-state index in [9.17, 15) is 24.7 Å². The van der Waals surface area contributed by atoms with Gasteiger partial charge in [-0.25, -0.2) is 5.84 Å². The number of aliphatic hydroxyl groups excluding tert-OH is 3. The molecule has 0 bridgehead atoms. The quantitative estimate of drug-likeness (QED) is 0.0721. The van der Waals surface area contributed by atoms with Gasteiger partial charge in [0.05, 0.1) is 12.3 Å². The molecule has 0 radical (unpaired) electrons. The van der Waals surface area contributed by atoms with Crippen molar-refractivity contribution in [2.24, 2.45) is 5.84 Å². The van der Waals surface area contributed by atoms with E-state index in [1.807, 2.05) is 5.43 Å². The van der Waals surface area contributed by atoms with Crippen LogP contribution in [0.5, 0.6) is 0 Å². The number of nitrogens with two attached hydrogens (primary N) is 1. The Morgan fingerprint density at radius 1 is 1.12 bits per heavy atom. The summed E-state index contributed by atoms with van der Waals surface area (Å²) < 4.78 is 21.6. The Labute approximate surface area is 145 Å². The van der Waals surface area contributed by atoms with E-state index < -0.39 is 44.5 Å². The molecule has 12 heteroatoms. The third-order valence-corrected chi connectivity index (χ3v) is 4.71. The van der Waals surface area contributed by atoms with E-state index in [-0.39, 0.29) is 25.4 Å². The van der Waals surface area contributed by atoms with Crippen molar-refractivity contribution < 1.29 is 43.9 Å². The van der Waals surface area contributed by atoms with Crippen molar-refractivity contribution in [1.29, 1.82) is 0 Å². The molecule has 25 heavy (non-hydrogen) atoms. The molecule has 0 spiro atoms. The topological polar surface area (TPSA) is 192 Å². The second kappa shape index (κ2) is 10.5. The summed E-state index contributed by atoms with van der Waals surface area (Å²) in [6.07, 6.45) is -5.37. The van der Waals surface area contributed by atoms with Crippen LogP contribution in [-0.4, -0.2) is 74.5 Å². The van der Waals surface area contributed by atoms with Gasteiger partial charge in [-0.3, -0.25) is 14.8 Å². The van der Waals surface area contributed by atoms with E-state index >= 15 is 0 Å². The Morgan fingerprint density at radius 3 is 2.40 bits per heavy atom. The van der Waals surface area contributed by atoms with Crippen LogP contribution in [0.3, 0.4) is 0 Å². The number of amides is 1. The molecule has 1 aliphatic rings. The molecule has 11 nitrogen and oxygen atoms in total. The van der Waals surface area contributed by atoms with E-state index in [1.54, 1.807) is 0 Å². The molecule has 5 atom stereocenters. The molecule has 0 aromatic heterocycles. The lowest BCUT2D eigenvalue weighted by Crippen LogP contribution is -2.58. The molecule has 1 amide bonds. The summed E-state index contributed by atoms with van der Waals surface area (Å²) in [6.45, 7) is 0.181. The highest BCUT2D eigenvalue weighted by molar-refractivity contribution is 7.51. The van der Waals surface area contributed by atoms with Gasteiger partial charge in [0.25, 0.3) is 0 Å². The molecule has 1 heterocycles. The largest absolute Gasteiger partial charge is 0.388 e. The lowest BCUT2D eigenvalue weighted by atomic mass is 9.97. The maximum absolute atomic E-state index is 10.9. The van der Waals surface area contributed by atoms with Crippen molar-refractivity contribution in [1.82, 2.24) is 5.43 Å². The number of hydrazine groups is 1. The number of carbonyl (C=O) groups is 1. The molecule has 0 aliphatic carbocycles. The van der Waals surface area contributed by atoms with Gasteiger partial charge in [-0.05, 0) is 19.3 Å². The fourth-order valence-electron chi connectivity index (χ4n) is 2.42. The number of hydrogen-bond donors (Lipinski definition) is 7. The minimum atomic E-state index is -4.28. The molecule has 0 aromatic rings. The van der Waals surface area contributed by atoms with Crippen LogP contribution >= 0.6 is 7.60 Å². The van der Waals surface area contributed by atoms with E-state index in [1.165, 1.54) is 0 Å². The lowest BCUT2D eigenvalue weighted by molar-refractivity contribution is -0.297. The molecule has 0 unspecified atom stereocenters. The highest BCUT2D eigenvalue weighted by Crippen LogP contribution is 2.37. The Bertz CT molecular complexity index is 461. The first kappa shape index (κ1) is 22.4. The molecule has 0 aromatic carbocycles. The first-order valence-electron chi connectivity index (χ1n) is 8.01. The van der Waals surface area contributed by atoms with Crippen LogP contribution in [0.25, 0.3) is 0 Å². The van der Waals surface area contributed by atoms with Crippen LogP contribution in [0.4, 0.5) is 0 Å². The summed E-state index contributed by atoms with van der Waals surface area (Å²) in [5.74, 6) is 4.69. The summed E-state index contributed by atoms with van der Waals surface area (Å²) in [5, 5.41) is 29.6. The lowest BCUT2D eigenvalue weighted by Gasteiger charge is -2.40. The molecule has 1 aliphatic heterocycles. The van der Waals surface area contributed by atoms with Crippen molar-refractivity contribution in [3.05, 3.63) is 0 Å². The Kier molecular flexibility index (Phi) is 9.43. The van der Waals surface area contributed by atoms with Gasteiger partial charge in [-0.1, -0.05) is 6.42 Å². The number of carbonyl (C=O) groups excluding carboxylic acids is 1. The second-order valence-electron chi connectivity index (χ2n) is 5.94. The molecule has 148 valence electrons. The van der Waals surface area contributed by atoms with Gasteiger partial charge in [0, 0.05) is 13.0 Å². The molecular weight excluding hydrogens is 359 g/mol. The van der Waals surface area contributed by atoms with Crippen LogP contribution in [0.15, 0.2) is 0 Å². The third-order valence-electron chi connectivity index (χ3n) is 3.86. The summed E-state index contributed by atoms with van der Waals surface area (Å²) in [5.41, 5.74) is 2.02. The predicted octanol–water partition coefficient (Wildman–Crippen LogP) is -2.07. The number of unbranched alkanes of at least 4 members (excludes halogenated alkanes) is 2. The average Bonchev–Trinajstić information content (AvgIpc) is 2.55. The van der Waals surface area contributed by atoms with Gasteiger partial charge < -0.3 is 34.6 Å². The normalized spacial score (nSPS) is 30.2. The number of hydrogen-bond acceptors (Lipinski definition) is 8. The summed E-state index contributed by atoms with van der Waals surface area (Å²) in [6, 6.07) is 0. The first-order valence-corrected chi connectivity index (χ1v) is 9.80. The van der Waals surface area contributed by atoms with Gasteiger partial charge in [-0.2, -0.15) is 0 Å². The molecule has 1 saturated heterocycles. The van der Waals surface area contributed by atoms with Gasteiger partial charge in [0.1, 0.15) is 18.3 Å². The van der Waals surface area contributed by atoms with Crippen molar-refractivity contribution in [2.45, 2.75) is 62.8 Å². The van der Waals surface area contributed by atoms with Crippen LogP contribution in [0, 0.1) is 0 Å². The van der Waals surface area contributed by atoms with Crippen molar-refractivity contribution in [3.8, 4) is 0 Å². The van der Waals surface area contributed by atoms with Crippen molar-refractivity contribution in [2.75, 3.05) is 12.8 Å². The fourth-order valence-corrected chi connectivity index (χ4v) is 3.02. The zero-order valence-electron chi connectivity index (χ0n) is 13.7. The zero-order chi connectivity index (χ0) is 19.0. The number of aliphatic hydroxyl groups is 3. The number of rotatable bonds is 10. The minimum Gasteiger partial charge on any atom is -0.388 e. The van der Waals surface area contributed by atoms with Gasteiger partial charge in [0.15, 0.2) is 6.29 Å². The van der Waals surface area contributed by atoms with Crippen LogP contribution < -0.4 is 11.3 Å². The molecule has 0 saturated carbocycles. The Morgan fingerprint density at radius 2 is 1.80 bits per heavy atom. The molecule has 1 rings (SSSR count). The van der Waals surface area contributed by atoms with Crippen LogP contribution in [-0.2, 0) is 18.8 Å². The highest BCUT2D eigenvalue weighted by Gasteiger charge is 2.44. The van der Waals surface area contributed by atoms with Crippen LogP contribution in [0.1, 0.15) is 32.1 Å². The summed E-state index contributed by atoms with van der Waals surface area (Å²) >= 11 is 0. The smallest absolute Gasteiger partial charge is 0.325 e. The number of nitrogens with one attached hydrogen (secondary N) is 1. The van der Waals surface area contributed by atoms with E-state index in [0.29, 0.717) is 19.3 Å². The Balaban J connectivity index is 2.38. The van der Waals surface area contributed by atoms with E-state index in [2.05, 4.69) is 0 Å². The predicted molar refractivity (Wildman–Crippen MR) is 85.0 cm³/mol. The van der Waals surface area contributed by atoms with Gasteiger partial charge in [0.2, 0.25) is 5.91 Å². The fraction of sp³-hybridized carbons (Fsp3) is 0.923. The van der Waals surface area contributed by atoms with Crippen molar-refractivity contribution >= 4 is 13.5 Å². The average molecular weight is 386 g/mol. The first-order chi connectivity index (χ1) is 11.7. The molecular formula is C13H27N2O9P. The Hall–Kier alpha value is -0.620. The van der Waals surface area contributed by atoms with E-state index in [4.69, 9.17) is 25.1 Å². The number of ether oxygens (including phenoxy) is 2. The van der Waals surface area contributed by atoms with Gasteiger partial charge >= 0.3 is 7.60 Å². The monoisotopic (exact) mass is 386 g/mol. The summed E-state index contributed by atoms with van der Waals surface area (Å²) in [4.78, 5) is 28.7. The van der Waals surface area contributed by atoms with Gasteiger partial charge in [-0.15, -0.1) is 0 Å². The third kappa shape index (κ3) is 8.07. The summed E-state index contributed by atoms with van der Waals surface area (Å²) in [7, 11) is -4.28. The standard InChI is InChI=1S/C13H27N2O9P/c14-15-9(16)4-2-1-3-6-23-13-12(19)11(18)10(17)8(24-13)5-7-25(20,21)22/h8,10-13,17-19H,1-7,14H2,(H,15,16)(H2,20,21,22)/t8-,10-,11+,12+,13+/m1/s1. The van der Waals surface area contributed by atoms with Crippen molar-refractivity contribution in [3.63, 3.8) is 0 Å². The molecule has 8 N–H and O–H groups in total. The molecule has 1 fully saturated rings. The van der Waals surface area contributed by atoms with Crippen LogP contribution in [0.2, 0.25) is 0 Å². The highest BCUT2D eigenvalue weighted by atomic mass is 31.2. The second-order valence-corrected chi connectivity index (χ2v) is 7.72. The maximum Gasteiger partial charge on any atom is 0.325 e. The zero-order valence-corrected chi connectivity index (χ0v) is 14.6. The maximum atomic E-state index is 10.9. The van der Waals surface area contributed by atoms with E-state index in [0.717, 1.165) is 0 Å². The SMILES string of the molecule is NNC(=O)CCCCCO[C@H]1O[C@H](CCP(=O)(O)O)[C@@H](O)[C@H](O)[C@@H]1O.